The van der Waals surface area contributed by atoms with Crippen molar-refractivity contribution in [1.29, 1.82) is 0 Å². The number of ether oxygens (including phenoxy) is 1. The Morgan fingerprint density at radius 2 is 1.77 bits per heavy atom. The van der Waals surface area contributed by atoms with Crippen LogP contribution in [0.15, 0.2) is 83.4 Å². The van der Waals surface area contributed by atoms with E-state index < -0.39 is 0 Å². The standard InChI is InChI=1S/C24H18ClFN2O3/c25-19-9-7-17(8-10-19)23-13-22(28-31-23)24(29)27-14-16-5-11-20(12-6-16)30-15-18-3-1-2-4-21(18)26/h1-13H,14-15H2,(H,27,29). The molecule has 0 atom stereocenters. The van der Waals surface area contributed by atoms with Gasteiger partial charge in [-0.3, -0.25) is 4.79 Å². The fraction of sp³-hybridized carbons (Fsp3) is 0.0833. The molecule has 4 rings (SSSR count). The summed E-state index contributed by atoms with van der Waals surface area (Å²) in [5.74, 6) is 0.457. The van der Waals surface area contributed by atoms with Crippen LogP contribution < -0.4 is 10.1 Å². The van der Waals surface area contributed by atoms with Crippen molar-refractivity contribution in [2.24, 2.45) is 0 Å². The van der Waals surface area contributed by atoms with Gasteiger partial charge in [0.15, 0.2) is 11.5 Å². The Morgan fingerprint density at radius 1 is 1.03 bits per heavy atom. The molecule has 0 radical (unpaired) electrons. The zero-order valence-corrected chi connectivity index (χ0v) is 17.1. The van der Waals surface area contributed by atoms with Crippen molar-refractivity contribution in [2.75, 3.05) is 0 Å². The SMILES string of the molecule is O=C(NCc1ccc(OCc2ccccc2F)cc1)c1cc(-c2ccc(Cl)cc2)on1. The average Bonchev–Trinajstić information content (AvgIpc) is 3.28. The lowest BCUT2D eigenvalue weighted by molar-refractivity contribution is 0.0942. The van der Waals surface area contributed by atoms with Gasteiger partial charge in [-0.15, -0.1) is 0 Å². The molecule has 3 aromatic carbocycles. The van der Waals surface area contributed by atoms with Gasteiger partial charge in [0.1, 0.15) is 18.2 Å². The maximum Gasteiger partial charge on any atom is 0.273 e. The first-order valence-corrected chi connectivity index (χ1v) is 9.92. The van der Waals surface area contributed by atoms with Gasteiger partial charge in [-0.05, 0) is 48.0 Å². The summed E-state index contributed by atoms with van der Waals surface area (Å²) < 4.78 is 24.5. The number of aromatic nitrogens is 1. The highest BCUT2D eigenvalue weighted by molar-refractivity contribution is 6.30. The van der Waals surface area contributed by atoms with Crippen molar-refractivity contribution in [3.8, 4) is 17.1 Å². The second-order valence-electron chi connectivity index (χ2n) is 6.79. The number of nitrogens with one attached hydrogen (secondary N) is 1. The molecule has 31 heavy (non-hydrogen) atoms. The van der Waals surface area contributed by atoms with E-state index in [1.54, 1.807) is 60.7 Å². The van der Waals surface area contributed by atoms with Gasteiger partial charge in [0.2, 0.25) is 0 Å². The van der Waals surface area contributed by atoms with Gasteiger partial charge in [-0.1, -0.05) is 47.1 Å². The molecule has 0 saturated heterocycles. The molecule has 0 fully saturated rings. The summed E-state index contributed by atoms with van der Waals surface area (Å²) in [6.07, 6.45) is 0. The van der Waals surface area contributed by atoms with Crippen LogP contribution in [-0.2, 0) is 13.2 Å². The zero-order valence-electron chi connectivity index (χ0n) is 16.3. The number of halogens is 2. The van der Waals surface area contributed by atoms with Crippen LogP contribution in [-0.4, -0.2) is 11.1 Å². The Labute approximate surface area is 183 Å². The minimum absolute atomic E-state index is 0.144. The highest BCUT2D eigenvalue weighted by Crippen LogP contribution is 2.22. The first-order valence-electron chi connectivity index (χ1n) is 9.54. The Kier molecular flexibility index (Phi) is 6.29. The van der Waals surface area contributed by atoms with E-state index in [0.717, 1.165) is 11.1 Å². The lowest BCUT2D eigenvalue weighted by Crippen LogP contribution is -2.22. The van der Waals surface area contributed by atoms with E-state index in [0.29, 0.717) is 28.6 Å². The molecular weight excluding hydrogens is 419 g/mol. The molecule has 156 valence electrons. The molecule has 5 nitrogen and oxygen atoms in total. The summed E-state index contributed by atoms with van der Waals surface area (Å²) in [6.45, 7) is 0.459. The number of nitrogens with zero attached hydrogens (tertiary/aromatic N) is 1. The van der Waals surface area contributed by atoms with E-state index in [2.05, 4.69) is 10.5 Å². The number of hydrogen-bond donors (Lipinski definition) is 1. The summed E-state index contributed by atoms with van der Waals surface area (Å²) in [5, 5.41) is 7.25. The van der Waals surface area contributed by atoms with Gasteiger partial charge < -0.3 is 14.6 Å². The van der Waals surface area contributed by atoms with E-state index in [9.17, 15) is 9.18 Å². The molecule has 0 saturated carbocycles. The lowest BCUT2D eigenvalue weighted by Gasteiger charge is -2.08. The number of rotatable bonds is 7. The van der Waals surface area contributed by atoms with Crippen LogP contribution in [0.3, 0.4) is 0 Å². The molecule has 0 spiro atoms. The van der Waals surface area contributed by atoms with E-state index >= 15 is 0 Å². The maximum atomic E-state index is 13.6. The number of benzene rings is 3. The van der Waals surface area contributed by atoms with Crippen molar-refractivity contribution in [1.82, 2.24) is 10.5 Å². The fourth-order valence-electron chi connectivity index (χ4n) is 2.89. The predicted octanol–water partition coefficient (Wildman–Crippen LogP) is 5.64. The van der Waals surface area contributed by atoms with Gasteiger partial charge in [-0.25, -0.2) is 4.39 Å². The van der Waals surface area contributed by atoms with Crippen molar-refractivity contribution in [3.05, 3.63) is 107 Å². The smallest absolute Gasteiger partial charge is 0.273 e. The van der Waals surface area contributed by atoms with Gasteiger partial charge in [0.25, 0.3) is 5.91 Å². The summed E-state index contributed by atoms with van der Waals surface area (Å²) >= 11 is 5.88. The molecule has 7 heteroatoms. The minimum Gasteiger partial charge on any atom is -0.489 e. The first-order chi connectivity index (χ1) is 15.1. The summed E-state index contributed by atoms with van der Waals surface area (Å²) in [4.78, 5) is 12.4. The quantitative estimate of drug-likeness (QED) is 0.407. The summed E-state index contributed by atoms with van der Waals surface area (Å²) in [5.41, 5.74) is 2.34. The van der Waals surface area contributed by atoms with Crippen LogP contribution in [0.1, 0.15) is 21.6 Å². The molecule has 0 aliphatic rings. The number of carbonyl (C=O) groups is 1. The van der Waals surface area contributed by atoms with Crippen molar-refractivity contribution >= 4 is 17.5 Å². The molecule has 0 unspecified atom stereocenters. The molecule has 0 aliphatic heterocycles. The highest BCUT2D eigenvalue weighted by Gasteiger charge is 2.13. The average molecular weight is 437 g/mol. The molecular formula is C24H18ClFN2O3. The molecule has 1 aromatic heterocycles. The third-order valence-electron chi connectivity index (χ3n) is 4.60. The van der Waals surface area contributed by atoms with Crippen molar-refractivity contribution < 1.29 is 18.4 Å². The summed E-state index contributed by atoms with van der Waals surface area (Å²) in [6, 6.07) is 22.3. The van der Waals surface area contributed by atoms with Crippen LogP contribution in [0, 0.1) is 5.82 Å². The second kappa shape index (κ2) is 9.45. The molecule has 1 heterocycles. The van der Waals surface area contributed by atoms with Crippen LogP contribution >= 0.6 is 11.6 Å². The second-order valence-corrected chi connectivity index (χ2v) is 7.23. The topological polar surface area (TPSA) is 64.4 Å². The van der Waals surface area contributed by atoms with Gasteiger partial charge >= 0.3 is 0 Å². The molecule has 4 aromatic rings. The molecule has 0 bridgehead atoms. The van der Waals surface area contributed by atoms with Crippen LogP contribution in [0.5, 0.6) is 5.75 Å². The Balaban J connectivity index is 1.30. The number of carbonyl (C=O) groups excluding carboxylic acids is 1. The maximum absolute atomic E-state index is 13.6. The van der Waals surface area contributed by atoms with Gasteiger partial charge in [0.05, 0.1) is 0 Å². The van der Waals surface area contributed by atoms with E-state index in [4.69, 9.17) is 20.9 Å². The van der Waals surface area contributed by atoms with Crippen LogP contribution in [0.2, 0.25) is 5.02 Å². The van der Waals surface area contributed by atoms with Crippen LogP contribution in [0.4, 0.5) is 4.39 Å². The third-order valence-corrected chi connectivity index (χ3v) is 4.85. The molecule has 1 N–H and O–H groups in total. The Hall–Kier alpha value is -3.64. The Bertz CT molecular complexity index is 1170. The predicted molar refractivity (Wildman–Crippen MR) is 115 cm³/mol. The number of amides is 1. The highest BCUT2D eigenvalue weighted by atomic mass is 35.5. The van der Waals surface area contributed by atoms with Gasteiger partial charge in [-0.2, -0.15) is 0 Å². The van der Waals surface area contributed by atoms with Crippen LogP contribution in [0.25, 0.3) is 11.3 Å². The van der Waals surface area contributed by atoms with Crippen molar-refractivity contribution in [2.45, 2.75) is 13.2 Å². The monoisotopic (exact) mass is 436 g/mol. The van der Waals surface area contributed by atoms with E-state index in [1.165, 1.54) is 6.07 Å². The lowest BCUT2D eigenvalue weighted by atomic mass is 10.1. The molecule has 1 amide bonds. The minimum atomic E-state index is -0.344. The van der Waals surface area contributed by atoms with E-state index in [-0.39, 0.29) is 24.0 Å². The van der Waals surface area contributed by atoms with Gasteiger partial charge in [0, 0.05) is 28.8 Å². The third kappa shape index (κ3) is 5.29. The normalized spacial score (nSPS) is 10.6. The Morgan fingerprint density at radius 3 is 2.52 bits per heavy atom. The largest absolute Gasteiger partial charge is 0.489 e. The fourth-order valence-corrected chi connectivity index (χ4v) is 3.01. The molecule has 0 aliphatic carbocycles. The van der Waals surface area contributed by atoms with E-state index in [1.807, 2.05) is 12.1 Å². The summed E-state index contributed by atoms with van der Waals surface area (Å²) in [7, 11) is 0. The first kappa shape index (κ1) is 20.6. The van der Waals surface area contributed by atoms with Crippen molar-refractivity contribution in [3.63, 3.8) is 0 Å². The number of hydrogen-bond acceptors (Lipinski definition) is 4. The zero-order chi connectivity index (χ0) is 21.6.